The van der Waals surface area contributed by atoms with Crippen molar-refractivity contribution in [1.82, 2.24) is 14.7 Å². The van der Waals surface area contributed by atoms with Crippen molar-refractivity contribution in [2.45, 2.75) is 19.5 Å². The highest BCUT2D eigenvalue weighted by molar-refractivity contribution is 5.94. The number of halogens is 1. The number of carbonyl (C=O) groups excluding carboxylic acids is 1. The van der Waals surface area contributed by atoms with Crippen LogP contribution in [0.4, 0.5) is 4.39 Å². The molecule has 1 aliphatic heterocycles. The molecule has 0 saturated carbocycles. The monoisotopic (exact) mass is 275 g/mol. The Balaban J connectivity index is 1.85. The fourth-order valence-corrected chi connectivity index (χ4v) is 2.44. The lowest BCUT2D eigenvalue weighted by molar-refractivity contribution is 0.0745. The number of fused-ring (bicyclic) bond motifs is 1. The Labute approximate surface area is 114 Å². The maximum atomic E-state index is 12.9. The third kappa shape index (κ3) is 2.36. The maximum Gasteiger partial charge on any atom is 0.264 e. The molecule has 0 aliphatic carbocycles. The van der Waals surface area contributed by atoms with Gasteiger partial charge in [-0.25, -0.2) is 4.39 Å². The van der Waals surface area contributed by atoms with Gasteiger partial charge in [0.2, 0.25) is 0 Å². The number of rotatable bonds is 1. The molecule has 104 valence electrons. The average Bonchev–Trinajstić information content (AvgIpc) is 2.66. The fraction of sp³-hybridized carbons (Fsp3) is 0.286. The molecule has 0 saturated heterocycles. The summed E-state index contributed by atoms with van der Waals surface area (Å²) in [7, 11) is 0. The minimum Gasteiger partial charge on any atom is -0.333 e. The second-order valence-electron chi connectivity index (χ2n) is 4.85. The molecular formula is C14H14FN3O2. The summed E-state index contributed by atoms with van der Waals surface area (Å²) in [6.07, 6.45) is 0.768. The van der Waals surface area contributed by atoms with Gasteiger partial charge in [0.25, 0.3) is 11.5 Å². The van der Waals surface area contributed by atoms with Gasteiger partial charge in [0, 0.05) is 24.7 Å². The summed E-state index contributed by atoms with van der Waals surface area (Å²) in [6.45, 7) is 1.68. The van der Waals surface area contributed by atoms with Gasteiger partial charge in [-0.2, -0.15) is 0 Å². The van der Waals surface area contributed by atoms with E-state index in [1.807, 2.05) is 0 Å². The Morgan fingerprint density at radius 2 is 1.95 bits per heavy atom. The average molecular weight is 275 g/mol. The van der Waals surface area contributed by atoms with Gasteiger partial charge in [-0.05, 0) is 30.7 Å². The molecule has 0 atom stereocenters. The molecule has 1 aromatic carbocycles. The minimum atomic E-state index is -0.364. The van der Waals surface area contributed by atoms with Crippen LogP contribution in [0.15, 0.2) is 35.1 Å². The topological polar surface area (TPSA) is 58.1 Å². The number of nitrogens with one attached hydrogen (secondary N) is 1. The number of hydrogen-bond acceptors (Lipinski definition) is 2. The smallest absolute Gasteiger partial charge is 0.264 e. The lowest BCUT2D eigenvalue weighted by Gasteiger charge is -2.20. The number of amides is 1. The fourth-order valence-electron chi connectivity index (χ4n) is 2.44. The molecule has 6 heteroatoms. The number of hydrogen-bond donors (Lipinski definition) is 1. The zero-order valence-electron chi connectivity index (χ0n) is 10.8. The Morgan fingerprint density at radius 1 is 1.20 bits per heavy atom. The number of aryl methyl sites for hydroxylation is 1. The lowest BCUT2D eigenvalue weighted by Crippen LogP contribution is -2.30. The summed E-state index contributed by atoms with van der Waals surface area (Å²) in [4.78, 5) is 25.4. The Hall–Kier alpha value is -2.37. The largest absolute Gasteiger partial charge is 0.333 e. The van der Waals surface area contributed by atoms with Crippen molar-refractivity contribution in [1.29, 1.82) is 0 Å². The van der Waals surface area contributed by atoms with Crippen molar-refractivity contribution in [3.63, 3.8) is 0 Å². The molecule has 0 fully saturated rings. The molecule has 2 heterocycles. The van der Waals surface area contributed by atoms with Gasteiger partial charge in [0.05, 0.1) is 12.2 Å². The van der Waals surface area contributed by atoms with E-state index < -0.39 is 0 Å². The summed E-state index contributed by atoms with van der Waals surface area (Å²) in [5.41, 5.74) is 1.09. The Morgan fingerprint density at radius 3 is 2.70 bits per heavy atom. The number of benzene rings is 1. The van der Waals surface area contributed by atoms with E-state index in [4.69, 9.17) is 0 Å². The van der Waals surface area contributed by atoms with Crippen LogP contribution in [0.1, 0.15) is 22.5 Å². The molecule has 0 radical (unpaired) electrons. The summed E-state index contributed by atoms with van der Waals surface area (Å²) >= 11 is 0. The van der Waals surface area contributed by atoms with Crippen molar-refractivity contribution in [2.75, 3.05) is 6.54 Å². The van der Waals surface area contributed by atoms with Crippen molar-refractivity contribution >= 4 is 5.91 Å². The van der Waals surface area contributed by atoms with Crippen LogP contribution >= 0.6 is 0 Å². The van der Waals surface area contributed by atoms with E-state index in [2.05, 4.69) is 5.10 Å². The van der Waals surface area contributed by atoms with Crippen LogP contribution < -0.4 is 5.56 Å². The van der Waals surface area contributed by atoms with E-state index in [9.17, 15) is 14.0 Å². The van der Waals surface area contributed by atoms with Crippen LogP contribution in [0.5, 0.6) is 0 Å². The van der Waals surface area contributed by atoms with Gasteiger partial charge >= 0.3 is 0 Å². The number of carbonyl (C=O) groups is 1. The summed E-state index contributed by atoms with van der Waals surface area (Å²) < 4.78 is 14.7. The molecule has 0 spiro atoms. The zero-order chi connectivity index (χ0) is 14.1. The predicted octanol–water partition coefficient (Wildman–Crippen LogP) is 1.36. The molecule has 0 bridgehead atoms. The van der Waals surface area contributed by atoms with Crippen LogP contribution in [-0.4, -0.2) is 27.1 Å². The molecule has 1 amide bonds. The van der Waals surface area contributed by atoms with E-state index in [1.165, 1.54) is 30.3 Å². The SMILES string of the molecule is O=C(c1ccc(F)cc1)N1CCCn2[nH]c(=O)cc2C1. The van der Waals surface area contributed by atoms with Crippen molar-refractivity contribution in [2.24, 2.45) is 0 Å². The molecule has 1 aromatic heterocycles. The highest BCUT2D eigenvalue weighted by Gasteiger charge is 2.20. The van der Waals surface area contributed by atoms with Gasteiger partial charge in [0.15, 0.2) is 0 Å². The Bertz CT molecular complexity index is 687. The van der Waals surface area contributed by atoms with E-state index in [0.717, 1.165) is 12.1 Å². The normalized spacial score (nSPS) is 14.8. The molecule has 5 nitrogen and oxygen atoms in total. The van der Waals surface area contributed by atoms with E-state index in [-0.39, 0.29) is 17.3 Å². The van der Waals surface area contributed by atoms with Gasteiger partial charge in [-0.3, -0.25) is 19.4 Å². The van der Waals surface area contributed by atoms with E-state index >= 15 is 0 Å². The number of aromatic nitrogens is 2. The van der Waals surface area contributed by atoms with Gasteiger partial charge in [0.1, 0.15) is 5.82 Å². The quantitative estimate of drug-likeness (QED) is 0.854. The van der Waals surface area contributed by atoms with Crippen molar-refractivity contribution < 1.29 is 9.18 Å². The number of aromatic amines is 1. The highest BCUT2D eigenvalue weighted by atomic mass is 19.1. The summed E-state index contributed by atoms with van der Waals surface area (Å²) in [6, 6.07) is 7.02. The number of nitrogens with zero attached hydrogens (tertiary/aromatic N) is 2. The standard InChI is InChI=1S/C14H14FN3O2/c15-11-4-2-10(3-5-11)14(20)17-6-1-7-18-12(9-17)8-13(19)16-18/h2-5,8H,1,6-7,9H2,(H,16,19). The van der Waals surface area contributed by atoms with Gasteiger partial charge in [-0.15, -0.1) is 0 Å². The highest BCUT2D eigenvalue weighted by Crippen LogP contribution is 2.14. The molecule has 0 unspecified atom stereocenters. The predicted molar refractivity (Wildman–Crippen MR) is 70.8 cm³/mol. The first-order valence-corrected chi connectivity index (χ1v) is 6.47. The maximum absolute atomic E-state index is 12.9. The lowest BCUT2D eigenvalue weighted by atomic mass is 10.2. The van der Waals surface area contributed by atoms with Crippen LogP contribution in [0.25, 0.3) is 0 Å². The molecule has 1 N–H and O–H groups in total. The molecular weight excluding hydrogens is 261 g/mol. The second-order valence-corrected chi connectivity index (χ2v) is 4.85. The van der Waals surface area contributed by atoms with E-state index in [0.29, 0.717) is 25.2 Å². The van der Waals surface area contributed by atoms with Crippen LogP contribution in [-0.2, 0) is 13.1 Å². The third-order valence-electron chi connectivity index (χ3n) is 3.43. The van der Waals surface area contributed by atoms with Crippen LogP contribution in [0, 0.1) is 5.82 Å². The Kier molecular flexibility index (Phi) is 3.14. The molecule has 1 aliphatic rings. The van der Waals surface area contributed by atoms with Gasteiger partial charge in [-0.1, -0.05) is 0 Å². The first-order valence-electron chi connectivity index (χ1n) is 6.47. The van der Waals surface area contributed by atoms with Gasteiger partial charge < -0.3 is 4.90 Å². The molecule has 20 heavy (non-hydrogen) atoms. The molecule has 3 rings (SSSR count). The third-order valence-corrected chi connectivity index (χ3v) is 3.43. The first-order chi connectivity index (χ1) is 9.63. The minimum absolute atomic E-state index is 0.146. The van der Waals surface area contributed by atoms with Crippen LogP contribution in [0.2, 0.25) is 0 Å². The summed E-state index contributed by atoms with van der Waals surface area (Å²) in [5, 5.41) is 2.72. The number of H-pyrrole nitrogens is 1. The summed E-state index contributed by atoms with van der Waals surface area (Å²) in [5.74, 6) is -0.510. The second kappa shape index (κ2) is 4.96. The van der Waals surface area contributed by atoms with Crippen molar-refractivity contribution in [3.05, 3.63) is 57.8 Å². The molecule has 2 aromatic rings. The first kappa shape index (κ1) is 12.7. The van der Waals surface area contributed by atoms with Crippen LogP contribution in [0.3, 0.4) is 0 Å². The van der Waals surface area contributed by atoms with Crippen molar-refractivity contribution in [3.8, 4) is 0 Å². The zero-order valence-corrected chi connectivity index (χ0v) is 10.8. The van der Waals surface area contributed by atoms with E-state index in [1.54, 1.807) is 9.58 Å².